The van der Waals surface area contributed by atoms with E-state index in [-0.39, 0.29) is 0 Å². The van der Waals surface area contributed by atoms with Gasteiger partial charge in [0.1, 0.15) is 12.1 Å². The predicted molar refractivity (Wildman–Crippen MR) is 57.0 cm³/mol. The molecule has 0 aliphatic rings. The second kappa shape index (κ2) is 3.95. The number of nitrogens with two attached hydrogens (primary N) is 1. The molecule has 0 aromatic carbocycles. The number of aromatic nitrogens is 4. The minimum absolute atomic E-state index is 0.511. The Hall–Kier alpha value is -2.11. The van der Waals surface area contributed by atoms with Gasteiger partial charge in [-0.3, -0.25) is 4.68 Å². The standard InChI is InChI=1S/C9H12N6/c1-15-6-13-9(14-15)5-11-7-2-3-8(10)12-4-7/h2-4,6,11H,5H2,1H3,(H2,10,12). The van der Waals surface area contributed by atoms with Crippen molar-refractivity contribution >= 4 is 11.5 Å². The lowest BCUT2D eigenvalue weighted by atomic mass is 10.4. The van der Waals surface area contributed by atoms with Gasteiger partial charge in [-0.2, -0.15) is 5.10 Å². The number of pyridine rings is 1. The molecule has 0 fully saturated rings. The molecule has 3 N–H and O–H groups in total. The van der Waals surface area contributed by atoms with Gasteiger partial charge >= 0.3 is 0 Å². The van der Waals surface area contributed by atoms with Crippen molar-refractivity contribution in [2.75, 3.05) is 11.1 Å². The molecule has 2 aromatic heterocycles. The molecule has 0 unspecified atom stereocenters. The predicted octanol–water partition coefficient (Wildman–Crippen LogP) is 0.404. The lowest BCUT2D eigenvalue weighted by Crippen LogP contribution is -2.02. The van der Waals surface area contributed by atoms with E-state index in [1.165, 1.54) is 0 Å². The van der Waals surface area contributed by atoms with E-state index >= 15 is 0 Å². The number of aryl methyl sites for hydroxylation is 1. The summed E-state index contributed by atoms with van der Waals surface area (Å²) < 4.78 is 1.66. The maximum absolute atomic E-state index is 5.47. The molecule has 0 atom stereocenters. The first kappa shape index (κ1) is 9.45. The summed E-state index contributed by atoms with van der Waals surface area (Å²) in [5.74, 6) is 1.26. The molecule has 15 heavy (non-hydrogen) atoms. The van der Waals surface area contributed by atoms with E-state index in [2.05, 4.69) is 20.4 Å². The van der Waals surface area contributed by atoms with Crippen LogP contribution in [0, 0.1) is 0 Å². The van der Waals surface area contributed by atoms with E-state index in [1.54, 1.807) is 23.3 Å². The Morgan fingerprint density at radius 2 is 2.27 bits per heavy atom. The van der Waals surface area contributed by atoms with Crippen molar-refractivity contribution in [1.82, 2.24) is 19.7 Å². The summed E-state index contributed by atoms with van der Waals surface area (Å²) in [7, 11) is 1.83. The van der Waals surface area contributed by atoms with Crippen LogP contribution in [0.4, 0.5) is 11.5 Å². The number of nitrogens with one attached hydrogen (secondary N) is 1. The van der Waals surface area contributed by atoms with Crippen LogP contribution < -0.4 is 11.1 Å². The maximum atomic E-state index is 5.47. The molecule has 2 rings (SSSR count). The fourth-order valence-corrected chi connectivity index (χ4v) is 1.16. The highest BCUT2D eigenvalue weighted by Gasteiger charge is 1.98. The van der Waals surface area contributed by atoms with Crippen molar-refractivity contribution in [3.8, 4) is 0 Å². The zero-order valence-corrected chi connectivity index (χ0v) is 8.38. The normalized spacial score (nSPS) is 10.2. The summed E-state index contributed by atoms with van der Waals surface area (Å²) in [5, 5.41) is 7.29. The van der Waals surface area contributed by atoms with Gasteiger partial charge in [0.05, 0.1) is 18.4 Å². The van der Waals surface area contributed by atoms with Crippen LogP contribution >= 0.6 is 0 Å². The molecule has 0 radical (unpaired) electrons. The van der Waals surface area contributed by atoms with E-state index < -0.39 is 0 Å². The van der Waals surface area contributed by atoms with Crippen LogP contribution in [0.1, 0.15) is 5.82 Å². The molecule has 0 saturated carbocycles. The Morgan fingerprint density at radius 3 is 2.87 bits per heavy atom. The molecule has 6 heteroatoms. The van der Waals surface area contributed by atoms with Gasteiger partial charge in [-0.05, 0) is 12.1 Å². The molecule has 0 saturated heterocycles. The fourth-order valence-electron chi connectivity index (χ4n) is 1.16. The Balaban J connectivity index is 1.96. The molecule has 6 nitrogen and oxygen atoms in total. The zero-order valence-electron chi connectivity index (χ0n) is 8.38. The zero-order chi connectivity index (χ0) is 10.7. The molecule has 78 valence electrons. The van der Waals surface area contributed by atoms with Gasteiger partial charge < -0.3 is 11.1 Å². The molecule has 2 aromatic rings. The maximum Gasteiger partial charge on any atom is 0.169 e. The van der Waals surface area contributed by atoms with E-state index in [0.717, 1.165) is 11.5 Å². The lowest BCUT2D eigenvalue weighted by Gasteiger charge is -2.02. The van der Waals surface area contributed by atoms with Crippen LogP contribution in [0.15, 0.2) is 24.7 Å². The second-order valence-electron chi connectivity index (χ2n) is 3.16. The van der Waals surface area contributed by atoms with Gasteiger partial charge in [-0.25, -0.2) is 9.97 Å². The van der Waals surface area contributed by atoms with Gasteiger partial charge in [-0.15, -0.1) is 0 Å². The highest BCUT2D eigenvalue weighted by atomic mass is 15.3. The van der Waals surface area contributed by atoms with Crippen molar-refractivity contribution in [2.45, 2.75) is 6.54 Å². The largest absolute Gasteiger partial charge is 0.384 e. The quantitative estimate of drug-likeness (QED) is 0.756. The Bertz CT molecular complexity index is 432. The van der Waals surface area contributed by atoms with Crippen LogP contribution in [0.2, 0.25) is 0 Å². The van der Waals surface area contributed by atoms with Gasteiger partial charge in [-0.1, -0.05) is 0 Å². The molecule has 0 aliphatic heterocycles. The van der Waals surface area contributed by atoms with Gasteiger partial charge in [0.15, 0.2) is 5.82 Å². The summed E-state index contributed by atoms with van der Waals surface area (Å²) in [6.07, 6.45) is 3.34. The van der Waals surface area contributed by atoms with E-state index in [1.807, 2.05) is 13.1 Å². The van der Waals surface area contributed by atoms with Crippen LogP contribution in [0.3, 0.4) is 0 Å². The van der Waals surface area contributed by atoms with Gasteiger partial charge in [0.25, 0.3) is 0 Å². The lowest BCUT2D eigenvalue weighted by molar-refractivity contribution is 0.747. The monoisotopic (exact) mass is 204 g/mol. The minimum atomic E-state index is 0.511. The van der Waals surface area contributed by atoms with Crippen molar-refractivity contribution in [2.24, 2.45) is 7.05 Å². The highest BCUT2D eigenvalue weighted by molar-refractivity contribution is 5.45. The topological polar surface area (TPSA) is 81.7 Å². The SMILES string of the molecule is Cn1cnc(CNc2ccc(N)nc2)n1. The average molecular weight is 204 g/mol. The fraction of sp³-hybridized carbons (Fsp3) is 0.222. The van der Waals surface area contributed by atoms with Crippen LogP contribution in [0.25, 0.3) is 0 Å². The van der Waals surface area contributed by atoms with E-state index in [4.69, 9.17) is 5.73 Å². The molecule has 0 spiro atoms. The number of nitrogens with zero attached hydrogens (tertiary/aromatic N) is 4. The average Bonchev–Trinajstić information content (AvgIpc) is 2.64. The smallest absolute Gasteiger partial charge is 0.169 e. The third-order valence-corrected chi connectivity index (χ3v) is 1.88. The second-order valence-corrected chi connectivity index (χ2v) is 3.16. The summed E-state index contributed by atoms with van der Waals surface area (Å²) in [5.41, 5.74) is 6.37. The van der Waals surface area contributed by atoms with Gasteiger partial charge in [0.2, 0.25) is 0 Å². The number of rotatable bonds is 3. The Labute approximate surface area is 87.2 Å². The van der Waals surface area contributed by atoms with Crippen LogP contribution in [0.5, 0.6) is 0 Å². The summed E-state index contributed by atoms with van der Waals surface area (Å²) in [4.78, 5) is 8.06. The van der Waals surface area contributed by atoms with Crippen molar-refractivity contribution in [3.63, 3.8) is 0 Å². The molecule has 0 aliphatic carbocycles. The Kier molecular flexibility index (Phi) is 2.49. The molecular weight excluding hydrogens is 192 g/mol. The van der Waals surface area contributed by atoms with Crippen molar-refractivity contribution in [3.05, 3.63) is 30.5 Å². The van der Waals surface area contributed by atoms with Crippen LogP contribution in [-0.4, -0.2) is 19.7 Å². The first-order valence-corrected chi connectivity index (χ1v) is 4.54. The minimum Gasteiger partial charge on any atom is -0.384 e. The highest BCUT2D eigenvalue weighted by Crippen LogP contribution is 2.07. The van der Waals surface area contributed by atoms with Crippen molar-refractivity contribution in [1.29, 1.82) is 0 Å². The molecule has 0 amide bonds. The molecule has 2 heterocycles. The first-order valence-electron chi connectivity index (χ1n) is 4.54. The summed E-state index contributed by atoms with van der Waals surface area (Å²) >= 11 is 0. The number of hydrogen-bond acceptors (Lipinski definition) is 5. The number of hydrogen-bond donors (Lipinski definition) is 2. The van der Waals surface area contributed by atoms with E-state index in [0.29, 0.717) is 12.4 Å². The molecular formula is C9H12N6. The first-order chi connectivity index (χ1) is 7.24. The Morgan fingerprint density at radius 1 is 1.40 bits per heavy atom. The number of anilines is 2. The number of nitrogen functional groups attached to an aromatic ring is 1. The molecule has 0 bridgehead atoms. The van der Waals surface area contributed by atoms with Crippen LogP contribution in [-0.2, 0) is 13.6 Å². The summed E-state index contributed by atoms with van der Waals surface area (Å²) in [6, 6.07) is 3.61. The van der Waals surface area contributed by atoms with Crippen molar-refractivity contribution < 1.29 is 0 Å². The summed E-state index contributed by atoms with van der Waals surface area (Å²) in [6.45, 7) is 0.576. The third-order valence-electron chi connectivity index (χ3n) is 1.88. The van der Waals surface area contributed by atoms with E-state index in [9.17, 15) is 0 Å². The van der Waals surface area contributed by atoms with Gasteiger partial charge in [0, 0.05) is 7.05 Å². The third kappa shape index (κ3) is 2.43.